The first-order valence-corrected chi connectivity index (χ1v) is 23.3. The number of piperidine rings is 1. The SMILES string of the molecule is Cc1ncsc1-c1ccc([C@H](C)NC(=O)[C@@H]2CCCN2C(=O)[C@@H](NC(=O)C2CC(C(=O)N3CCC(c4cc(Nc5cnccn5)nc(N5CCC(F)(F)C5)c4)CC3)C2)C(C)(C)C)cc1. The van der Waals surface area contributed by atoms with E-state index in [9.17, 15) is 28.0 Å². The molecular formula is C47H58F2N10O4S. The number of hydrogen-bond donors (Lipinski definition) is 3. The zero-order valence-electron chi connectivity index (χ0n) is 37.2. The summed E-state index contributed by atoms with van der Waals surface area (Å²) in [5.41, 5.74) is 5.16. The molecule has 8 rings (SSSR count). The molecule has 64 heavy (non-hydrogen) atoms. The molecule has 4 fully saturated rings. The van der Waals surface area contributed by atoms with Crippen molar-refractivity contribution in [3.8, 4) is 10.4 Å². The van der Waals surface area contributed by atoms with E-state index in [1.807, 2.05) is 81.4 Å². The van der Waals surface area contributed by atoms with E-state index >= 15 is 0 Å². The van der Waals surface area contributed by atoms with Crippen LogP contribution in [0, 0.1) is 24.2 Å². The summed E-state index contributed by atoms with van der Waals surface area (Å²) >= 11 is 1.59. The van der Waals surface area contributed by atoms with E-state index in [1.54, 1.807) is 39.7 Å². The van der Waals surface area contributed by atoms with Gasteiger partial charge in [0.2, 0.25) is 23.6 Å². The molecule has 17 heteroatoms. The molecule has 340 valence electrons. The van der Waals surface area contributed by atoms with Gasteiger partial charge in [-0.15, -0.1) is 11.3 Å². The summed E-state index contributed by atoms with van der Waals surface area (Å²) in [6.07, 6.45) is 7.87. The highest BCUT2D eigenvalue weighted by atomic mass is 32.1. The number of halogens is 2. The lowest BCUT2D eigenvalue weighted by molar-refractivity contribution is -0.148. The van der Waals surface area contributed by atoms with Crippen LogP contribution in [0.2, 0.25) is 0 Å². The lowest BCUT2D eigenvalue weighted by Crippen LogP contribution is -2.59. The number of nitrogens with zero attached hydrogens (tertiary/aromatic N) is 7. The van der Waals surface area contributed by atoms with E-state index in [0.717, 1.165) is 27.3 Å². The predicted octanol–water partition coefficient (Wildman–Crippen LogP) is 7.02. The van der Waals surface area contributed by atoms with Gasteiger partial charge >= 0.3 is 0 Å². The number of hydrogen-bond acceptors (Lipinski definition) is 11. The van der Waals surface area contributed by atoms with Crippen LogP contribution < -0.4 is 20.9 Å². The molecule has 14 nitrogen and oxygen atoms in total. The van der Waals surface area contributed by atoms with Crippen molar-refractivity contribution < 1.29 is 28.0 Å². The molecule has 3 aromatic heterocycles. The van der Waals surface area contributed by atoms with Crippen molar-refractivity contribution in [1.82, 2.24) is 40.4 Å². The number of carbonyl (C=O) groups is 4. The summed E-state index contributed by atoms with van der Waals surface area (Å²) in [5, 5.41) is 9.33. The van der Waals surface area contributed by atoms with Crippen LogP contribution in [0.15, 0.2) is 60.5 Å². The van der Waals surface area contributed by atoms with E-state index in [2.05, 4.69) is 35.9 Å². The Morgan fingerprint density at radius 3 is 2.28 bits per heavy atom. The minimum Gasteiger partial charge on any atom is -0.350 e. The van der Waals surface area contributed by atoms with Gasteiger partial charge in [0, 0.05) is 56.8 Å². The first-order chi connectivity index (χ1) is 30.5. The van der Waals surface area contributed by atoms with Crippen LogP contribution in [0.3, 0.4) is 0 Å². The van der Waals surface area contributed by atoms with Crippen LogP contribution >= 0.6 is 11.3 Å². The monoisotopic (exact) mass is 896 g/mol. The quantitative estimate of drug-likeness (QED) is 0.135. The standard InChI is InChI=1S/C47H58F2N10O4S/c1-28(30-8-10-32(11-9-30)40-29(2)52-27-64-40)53-43(61)36-7-6-17-59(36)45(63)41(46(3,4)5)56-42(60)34-21-35(22-34)44(62)57-18-12-31(13-19-57)33-23-37(54-38-25-50-15-16-51-38)55-39(24-33)58-20-14-47(48,49)26-58/h8-11,15-16,23-25,27-28,31,34-36,41H,6-7,12-14,17-22,26H2,1-5H3,(H,53,61)(H,56,60)(H,51,54,55)/t28-,34?,35?,36-,41+/m0/s1. The van der Waals surface area contributed by atoms with Gasteiger partial charge in [0.05, 0.1) is 34.9 Å². The van der Waals surface area contributed by atoms with Gasteiger partial charge in [-0.05, 0) is 92.5 Å². The number of rotatable bonds is 12. The third-order valence-corrected chi connectivity index (χ3v) is 14.3. The van der Waals surface area contributed by atoms with Crippen molar-refractivity contribution in [2.75, 3.05) is 42.9 Å². The lowest BCUT2D eigenvalue weighted by atomic mass is 9.73. The average molecular weight is 897 g/mol. The molecule has 0 unspecified atom stereocenters. The zero-order valence-corrected chi connectivity index (χ0v) is 38.0. The maximum Gasteiger partial charge on any atom is 0.266 e. The third-order valence-electron chi connectivity index (χ3n) is 13.3. The predicted molar refractivity (Wildman–Crippen MR) is 241 cm³/mol. The van der Waals surface area contributed by atoms with Crippen molar-refractivity contribution >= 4 is 52.4 Å². The van der Waals surface area contributed by atoms with Crippen molar-refractivity contribution in [3.05, 3.63) is 77.3 Å². The van der Waals surface area contributed by atoms with Gasteiger partial charge in [0.25, 0.3) is 5.92 Å². The van der Waals surface area contributed by atoms with Crippen LogP contribution in [-0.2, 0) is 19.2 Å². The van der Waals surface area contributed by atoms with Crippen LogP contribution in [-0.4, -0.2) is 104 Å². The molecule has 4 aliphatic rings. The Hall–Kier alpha value is -5.58. The van der Waals surface area contributed by atoms with E-state index in [1.165, 1.54) is 0 Å². The van der Waals surface area contributed by atoms with E-state index < -0.39 is 35.9 Å². The Morgan fingerprint density at radius 1 is 0.891 bits per heavy atom. The summed E-state index contributed by atoms with van der Waals surface area (Å²) in [4.78, 5) is 79.0. The number of thiazole rings is 1. The number of carbonyl (C=O) groups excluding carboxylic acids is 4. The highest BCUT2D eigenvalue weighted by Gasteiger charge is 2.46. The second-order valence-corrected chi connectivity index (χ2v) is 19.8. The second-order valence-electron chi connectivity index (χ2n) is 19.0. The summed E-state index contributed by atoms with van der Waals surface area (Å²) < 4.78 is 28.4. The number of pyridine rings is 1. The van der Waals surface area contributed by atoms with Gasteiger partial charge in [-0.3, -0.25) is 24.2 Å². The summed E-state index contributed by atoms with van der Waals surface area (Å²) in [5.74, 6) is -2.64. The normalized spacial score (nSPS) is 22.1. The van der Waals surface area contributed by atoms with Crippen molar-refractivity contribution in [3.63, 3.8) is 0 Å². The molecule has 1 saturated carbocycles. The minimum atomic E-state index is -2.78. The Morgan fingerprint density at radius 2 is 1.64 bits per heavy atom. The molecule has 0 bridgehead atoms. The van der Waals surface area contributed by atoms with Gasteiger partial charge < -0.3 is 30.7 Å². The van der Waals surface area contributed by atoms with Crippen LogP contribution in [0.5, 0.6) is 0 Å². The molecule has 0 radical (unpaired) electrons. The van der Waals surface area contributed by atoms with Crippen LogP contribution in [0.25, 0.3) is 10.4 Å². The van der Waals surface area contributed by atoms with Crippen molar-refractivity contribution in [2.45, 2.75) is 110 Å². The van der Waals surface area contributed by atoms with Gasteiger partial charge in [-0.25, -0.2) is 23.7 Å². The Kier molecular flexibility index (Phi) is 13.0. The average Bonchev–Trinajstić information content (AvgIpc) is 4.02. The molecule has 1 aliphatic carbocycles. The number of aromatic nitrogens is 4. The number of likely N-dealkylation sites (tertiary alicyclic amines) is 2. The van der Waals surface area contributed by atoms with Gasteiger partial charge in [0.15, 0.2) is 0 Å². The van der Waals surface area contributed by atoms with E-state index in [4.69, 9.17) is 0 Å². The summed E-state index contributed by atoms with van der Waals surface area (Å²) in [6, 6.07) is 10.1. The van der Waals surface area contributed by atoms with Gasteiger partial charge in [-0.1, -0.05) is 45.0 Å². The zero-order chi connectivity index (χ0) is 45.3. The Balaban J connectivity index is 0.836. The molecular weight excluding hydrogens is 839 g/mol. The van der Waals surface area contributed by atoms with Crippen LogP contribution in [0.4, 0.5) is 26.2 Å². The van der Waals surface area contributed by atoms with Crippen molar-refractivity contribution in [2.24, 2.45) is 17.3 Å². The highest BCUT2D eigenvalue weighted by Crippen LogP contribution is 2.40. The molecule has 4 aromatic rings. The fraction of sp³-hybridized carbons (Fsp3) is 0.532. The fourth-order valence-electron chi connectivity index (χ4n) is 9.42. The third kappa shape index (κ3) is 10.0. The maximum atomic E-state index is 14.2. The fourth-order valence-corrected chi connectivity index (χ4v) is 10.2. The summed E-state index contributed by atoms with van der Waals surface area (Å²) in [6.45, 7) is 10.9. The number of nitrogens with one attached hydrogen (secondary N) is 3. The molecule has 3 atom stereocenters. The number of benzene rings is 1. The highest BCUT2D eigenvalue weighted by molar-refractivity contribution is 7.13. The second kappa shape index (κ2) is 18.5. The number of aryl methyl sites for hydroxylation is 1. The molecule has 1 aromatic carbocycles. The number of alkyl halides is 2. The summed E-state index contributed by atoms with van der Waals surface area (Å²) in [7, 11) is 0. The molecule has 0 spiro atoms. The van der Waals surface area contributed by atoms with Gasteiger partial charge in [-0.2, -0.15) is 0 Å². The number of anilines is 3. The number of amides is 4. The van der Waals surface area contributed by atoms with E-state index in [-0.39, 0.29) is 54.5 Å². The molecule has 3 aliphatic heterocycles. The first kappa shape index (κ1) is 45.0. The van der Waals surface area contributed by atoms with Crippen molar-refractivity contribution in [1.29, 1.82) is 0 Å². The minimum absolute atomic E-state index is 0.0247. The first-order valence-electron chi connectivity index (χ1n) is 22.4. The molecule has 6 heterocycles. The molecule has 3 saturated heterocycles. The Labute approximate surface area is 377 Å². The topological polar surface area (TPSA) is 166 Å². The lowest BCUT2D eigenvalue weighted by Gasteiger charge is -2.41. The smallest absolute Gasteiger partial charge is 0.266 e. The Bertz CT molecular complexity index is 2330. The maximum absolute atomic E-state index is 14.2. The molecule has 3 N–H and O–H groups in total. The molecule has 4 amide bonds. The van der Waals surface area contributed by atoms with Gasteiger partial charge in [0.1, 0.15) is 29.5 Å². The van der Waals surface area contributed by atoms with E-state index in [0.29, 0.717) is 75.6 Å². The largest absolute Gasteiger partial charge is 0.350 e. The van der Waals surface area contributed by atoms with Crippen LogP contribution in [0.1, 0.15) is 101 Å².